The number of unbranched alkanes of at least 4 members (excludes halogenated alkanes) is 5. The normalized spacial score (nSPS) is 15.5. The summed E-state index contributed by atoms with van der Waals surface area (Å²) >= 11 is 0. The summed E-state index contributed by atoms with van der Waals surface area (Å²) in [5.74, 6) is -1.01. The molecule has 6 bridgehead atoms. The Balaban J connectivity index is 0.00000449. The molecule has 10 rings (SSSR count). The van der Waals surface area contributed by atoms with E-state index in [2.05, 4.69) is 26.2 Å². The number of aromatic nitrogens is 2. The molecule has 4 aromatic carbocycles. The molecule has 31 nitrogen and oxygen atoms in total. The fourth-order valence-corrected chi connectivity index (χ4v) is 30.1. The number of ether oxygens (including phenoxy) is 2. The zero-order valence-electron chi connectivity index (χ0n) is 65.0. The quantitative estimate of drug-likeness (QED) is 0.0113. The second kappa shape index (κ2) is 43.4. The van der Waals surface area contributed by atoms with Crippen molar-refractivity contribution in [3.63, 3.8) is 0 Å². The molecule has 0 radical (unpaired) electrons. The van der Waals surface area contributed by atoms with E-state index >= 15 is 0 Å². The second-order valence-corrected chi connectivity index (χ2v) is 48.3. The average molecular weight is 1740 g/mol. The monoisotopic (exact) mass is 1730 g/mol. The summed E-state index contributed by atoms with van der Waals surface area (Å²) in [6.45, 7) is 11.6. The van der Waals surface area contributed by atoms with Gasteiger partial charge >= 0.3 is 127 Å². The SMILES string of the molecule is C[Si](C)(CCC[N+](CCCCS(=O)(=O)[O-])(CCCCS(=O)(=O)[O-])CCCCS(=O)(=O)[O-])O[Si]1(O[Si](C)(C)CCC[N+](CCCCS(=O)(=O)[O-])(CCCCS(=O)(=O)[O-])CCOCCOCC[C-]=O)n2c3c4ccccc4c2N=C2N=C(N=c4c5ccccc5c(n41)=NC1=NC(=N3)c3ccccc31)c1ccccc12.[Na+].[Na+].[Na+].[Na+].[OH-]. The summed E-state index contributed by atoms with van der Waals surface area (Å²) in [5, 5.41) is 2.61. The number of carbonyl (C=O) groups excluding carboxylic acids is 1. The third-order valence-corrected chi connectivity index (χ3v) is 35.4. The van der Waals surface area contributed by atoms with Crippen molar-refractivity contribution in [1.82, 2.24) is 8.47 Å². The van der Waals surface area contributed by atoms with Gasteiger partial charge in [0.1, 0.15) is 29.2 Å². The third kappa shape index (κ3) is 28.0. The minimum Gasteiger partial charge on any atom is -0.870 e. The molecule has 4 aliphatic rings. The molecule has 0 saturated carbocycles. The van der Waals surface area contributed by atoms with E-state index in [1.54, 1.807) is 6.29 Å². The molecular formula is C69H93N10Na4O21S5Si3-. The number of nitrogens with zero attached hydrogens (tertiary/aromatic N) is 10. The van der Waals surface area contributed by atoms with Gasteiger partial charge in [0, 0.05) is 79.2 Å². The largest absolute Gasteiger partial charge is 1.00 e. The molecule has 0 amide bonds. The molecule has 0 spiro atoms. The standard InChI is InChI=1S/C69H96N10O20S5Si3.4Na.H2O/c1-105(2,52-23-39-78(34-13-18-47-100(81,82)83,35-14-19-48-101(84,85)86)36-15-20-49-102(87,88)89)98-107(99-106(3,4)53-24-40-79(37-16-21-50-103(90,91)92,38-17-22-51-104(93,94)95)41-44-97-46-45-96-43-25-42-80)76-66-58-30-9-10-31-59(58)68(76)74-64-56-28-7-8-29-57(56)65(71-64)75-69-61-33-12-11-32-60(61)67(77(69)107)73-63-55-27-6-5-26-54(55)62(70-63)72-66;;;;;/h5-12,26-33H,13-25,34-41,43-53H2,1-4H3,(H4-,81,82,83,84,85,86,87,88,89,90,91,92,93,94,95);;;;;1H2/q;4*+1;/p-5. The maximum atomic E-state index is 12.0. The Bertz CT molecular complexity index is 4840. The van der Waals surface area contributed by atoms with Crippen LogP contribution in [0.5, 0.6) is 0 Å². The summed E-state index contributed by atoms with van der Waals surface area (Å²) in [6.07, 6.45) is 4.05. The molecule has 43 heteroatoms. The van der Waals surface area contributed by atoms with Crippen LogP contribution in [-0.4, -0.2) is 250 Å². The Morgan fingerprint density at radius 1 is 0.375 bits per heavy atom. The van der Waals surface area contributed by atoms with Crippen molar-refractivity contribution in [2.24, 2.45) is 30.0 Å². The molecule has 2 aromatic heterocycles. The molecule has 592 valence electrons. The van der Waals surface area contributed by atoms with Crippen LogP contribution in [0.4, 0.5) is 11.6 Å². The van der Waals surface area contributed by atoms with Crippen LogP contribution in [0.1, 0.15) is 106 Å². The summed E-state index contributed by atoms with van der Waals surface area (Å²) in [4.78, 5) is 44.0. The minimum absolute atomic E-state index is 0. The van der Waals surface area contributed by atoms with E-state index in [-0.39, 0.29) is 237 Å². The summed E-state index contributed by atoms with van der Waals surface area (Å²) in [5.41, 5.74) is 3.55. The summed E-state index contributed by atoms with van der Waals surface area (Å²) in [6, 6.07) is 31.6. The minimum atomic E-state index is -4.99. The number of hydrogen-bond donors (Lipinski definition) is 0. The van der Waals surface area contributed by atoms with Crippen molar-refractivity contribution in [3.05, 3.63) is 130 Å². The fourth-order valence-electron chi connectivity index (χ4n) is 14.8. The molecule has 0 aliphatic carbocycles. The van der Waals surface area contributed by atoms with Crippen molar-refractivity contribution in [1.29, 1.82) is 0 Å². The van der Waals surface area contributed by atoms with Gasteiger partial charge in [-0.2, -0.15) is 0 Å². The van der Waals surface area contributed by atoms with Crippen LogP contribution in [0.25, 0.3) is 21.5 Å². The van der Waals surface area contributed by atoms with Crippen molar-refractivity contribution in [2.75, 3.05) is 108 Å². The molecule has 1 N–H and O–H groups in total. The number of hydrogen-bond acceptors (Lipinski definition) is 27. The smallest absolute Gasteiger partial charge is 0.870 e. The van der Waals surface area contributed by atoms with Gasteiger partial charge < -0.3 is 59.7 Å². The van der Waals surface area contributed by atoms with Crippen molar-refractivity contribution < 1.29 is 220 Å². The van der Waals surface area contributed by atoms with E-state index in [0.717, 1.165) is 0 Å². The van der Waals surface area contributed by atoms with Gasteiger partial charge in [0.15, 0.2) is 40.0 Å². The Kier molecular flexibility index (Phi) is 38.9. The molecule has 6 heterocycles. The number of fused-ring (bicyclic) bond motifs is 14. The molecule has 1 unspecified atom stereocenters. The second-order valence-electron chi connectivity index (χ2n) is 29.0. The van der Waals surface area contributed by atoms with Gasteiger partial charge in [-0.05, 0) is 115 Å². The van der Waals surface area contributed by atoms with Crippen LogP contribution in [0.15, 0.2) is 127 Å². The number of rotatable bonds is 46. The van der Waals surface area contributed by atoms with Gasteiger partial charge in [0.05, 0.1) is 116 Å². The van der Waals surface area contributed by atoms with Gasteiger partial charge in [0.2, 0.25) is 0 Å². The zero-order chi connectivity index (χ0) is 77.1. The van der Waals surface area contributed by atoms with Crippen molar-refractivity contribution in [3.8, 4) is 0 Å². The van der Waals surface area contributed by atoms with E-state index < -0.39 is 105 Å². The van der Waals surface area contributed by atoms with E-state index in [9.17, 15) is 69.6 Å². The first-order valence-corrected chi connectivity index (χ1v) is 51.9. The van der Waals surface area contributed by atoms with Crippen LogP contribution >= 0.6 is 0 Å². The summed E-state index contributed by atoms with van der Waals surface area (Å²) < 4.78 is 213. The van der Waals surface area contributed by atoms with Gasteiger partial charge in [-0.3, -0.25) is 14.8 Å². The molecule has 112 heavy (non-hydrogen) atoms. The van der Waals surface area contributed by atoms with Crippen molar-refractivity contribution in [2.45, 2.75) is 122 Å². The zero-order valence-corrected chi connectivity index (χ0v) is 80.1. The van der Waals surface area contributed by atoms with Crippen LogP contribution in [-0.2, 0) is 73.1 Å². The predicted molar refractivity (Wildman–Crippen MR) is 409 cm³/mol. The van der Waals surface area contributed by atoms with Crippen LogP contribution in [0.2, 0.25) is 38.3 Å². The van der Waals surface area contributed by atoms with Crippen LogP contribution < -0.4 is 129 Å². The van der Waals surface area contributed by atoms with Crippen molar-refractivity contribution >= 4 is 139 Å². The predicted octanol–water partition coefficient (Wildman–Crippen LogP) is -5.77. The summed E-state index contributed by atoms with van der Waals surface area (Å²) in [7, 11) is -35.0. The molecule has 0 saturated heterocycles. The molecular weight excluding hydrogens is 1640 g/mol. The number of quaternary nitrogens is 2. The molecule has 1 atom stereocenters. The number of amidine groups is 4. The van der Waals surface area contributed by atoms with E-state index in [0.29, 0.717) is 160 Å². The van der Waals surface area contributed by atoms with Crippen LogP contribution in [0.3, 0.4) is 0 Å². The fraction of sp³-hybridized carbons (Fsp3) is 0.522. The van der Waals surface area contributed by atoms with Gasteiger partial charge in [0.25, 0.3) is 0 Å². The maximum Gasteiger partial charge on any atom is 1.00 e. The van der Waals surface area contributed by atoms with Gasteiger partial charge in [-0.1, -0.05) is 97.1 Å². The van der Waals surface area contributed by atoms with E-state index in [1.165, 1.54) is 0 Å². The van der Waals surface area contributed by atoms with Crippen LogP contribution in [0, 0.1) is 0 Å². The molecule has 0 fully saturated rings. The first-order valence-electron chi connectivity index (χ1n) is 36.0. The van der Waals surface area contributed by atoms with Gasteiger partial charge in [-0.15, -0.1) is 6.42 Å². The first kappa shape index (κ1) is 100. The molecule has 6 aromatic rings. The Morgan fingerprint density at radius 3 is 0.982 bits per heavy atom. The average Bonchev–Trinajstić information content (AvgIpc) is 1.52. The Morgan fingerprint density at radius 2 is 0.661 bits per heavy atom. The number of aliphatic imine (C=N–C) groups is 4. The van der Waals surface area contributed by atoms with E-state index in [1.807, 2.05) is 106 Å². The number of benzene rings is 4. The first-order chi connectivity index (χ1) is 50.5. The van der Waals surface area contributed by atoms with Gasteiger partial charge in [-0.25, -0.2) is 72.0 Å². The van der Waals surface area contributed by atoms with E-state index in [4.69, 9.17) is 47.7 Å². The third-order valence-electron chi connectivity index (χ3n) is 19.8. The maximum absolute atomic E-state index is 12.0. The molecule has 4 aliphatic heterocycles. The topological polar surface area (TPSA) is 454 Å². The Labute approximate surface area is 748 Å². The Hall–Kier alpha value is -2.17.